The minimum Gasteiger partial charge on any atom is -0.398 e. The van der Waals surface area contributed by atoms with Crippen LogP contribution >= 0.6 is 0 Å². The Morgan fingerprint density at radius 2 is 2.00 bits per heavy atom. The summed E-state index contributed by atoms with van der Waals surface area (Å²) < 4.78 is 6.15. The molecular weight excluding hydrogens is 250 g/mol. The maximum absolute atomic E-state index is 6.16. The van der Waals surface area contributed by atoms with Crippen LogP contribution in [0.1, 0.15) is 58.6 Å². The van der Waals surface area contributed by atoms with Gasteiger partial charge in [0, 0.05) is 30.3 Å². The first-order valence-electron chi connectivity index (χ1n) is 7.71. The number of pyridine rings is 1. The first-order valence-corrected chi connectivity index (χ1v) is 7.71. The maximum atomic E-state index is 6.16. The third kappa shape index (κ3) is 3.70. The number of nitrogens with two attached hydrogens (primary N) is 1. The van der Waals surface area contributed by atoms with Crippen molar-refractivity contribution in [3.8, 4) is 0 Å². The van der Waals surface area contributed by atoms with Gasteiger partial charge in [-0.2, -0.15) is 0 Å². The molecule has 0 fully saturated rings. The molecule has 0 aliphatic rings. The Labute approximate surface area is 123 Å². The summed E-state index contributed by atoms with van der Waals surface area (Å²) in [5.41, 5.74) is 7.74. The fourth-order valence-corrected chi connectivity index (χ4v) is 2.76. The van der Waals surface area contributed by atoms with Gasteiger partial charge in [0.05, 0.1) is 11.6 Å². The monoisotopic (exact) mass is 279 g/mol. The molecule has 0 saturated heterocycles. The number of nitrogens with one attached hydrogen (secondary N) is 1. The zero-order chi connectivity index (χ0) is 15.0. The summed E-state index contributed by atoms with van der Waals surface area (Å²) in [6.45, 7) is 10.2. The first-order chi connectivity index (χ1) is 9.65. The van der Waals surface area contributed by atoms with Gasteiger partial charge in [-0.1, -0.05) is 20.8 Å². The molecule has 0 bridgehead atoms. The predicted molar refractivity (Wildman–Crippen MR) is 84.6 cm³/mol. The van der Waals surface area contributed by atoms with E-state index in [2.05, 4.69) is 31.1 Å². The molecule has 0 spiro atoms. The molecule has 1 aromatic rings. The van der Waals surface area contributed by atoms with Crippen molar-refractivity contribution in [3.63, 3.8) is 0 Å². The van der Waals surface area contributed by atoms with Gasteiger partial charge in [0.25, 0.3) is 0 Å². The molecule has 0 aliphatic carbocycles. The fourth-order valence-electron chi connectivity index (χ4n) is 2.76. The minimum absolute atomic E-state index is 0.0751. The Morgan fingerprint density at radius 3 is 2.50 bits per heavy atom. The summed E-state index contributed by atoms with van der Waals surface area (Å²) in [6.07, 6.45) is 6.55. The van der Waals surface area contributed by atoms with Gasteiger partial charge in [-0.25, -0.2) is 0 Å². The van der Waals surface area contributed by atoms with Crippen molar-refractivity contribution in [1.82, 2.24) is 10.3 Å². The third-order valence-electron chi connectivity index (χ3n) is 3.95. The van der Waals surface area contributed by atoms with Crippen molar-refractivity contribution in [2.75, 3.05) is 18.9 Å². The summed E-state index contributed by atoms with van der Waals surface area (Å²) in [7, 11) is 0. The number of anilines is 1. The normalized spacial score (nSPS) is 13.4. The van der Waals surface area contributed by atoms with E-state index in [-0.39, 0.29) is 11.6 Å². The highest BCUT2D eigenvalue weighted by molar-refractivity contribution is 5.47. The zero-order valence-electron chi connectivity index (χ0n) is 13.3. The highest BCUT2D eigenvalue weighted by Crippen LogP contribution is 2.37. The molecule has 114 valence electrons. The molecule has 1 atom stereocenters. The van der Waals surface area contributed by atoms with E-state index >= 15 is 0 Å². The summed E-state index contributed by atoms with van der Waals surface area (Å²) in [6, 6.07) is 1.93. The molecule has 20 heavy (non-hydrogen) atoms. The van der Waals surface area contributed by atoms with Gasteiger partial charge in [-0.15, -0.1) is 0 Å². The van der Waals surface area contributed by atoms with Crippen LogP contribution in [-0.2, 0) is 4.74 Å². The molecule has 1 heterocycles. The molecule has 0 aromatic carbocycles. The zero-order valence-corrected chi connectivity index (χ0v) is 13.3. The van der Waals surface area contributed by atoms with Gasteiger partial charge < -0.3 is 15.8 Å². The molecule has 1 aromatic heterocycles. The van der Waals surface area contributed by atoms with Crippen LogP contribution in [0.15, 0.2) is 18.5 Å². The highest BCUT2D eigenvalue weighted by Gasteiger charge is 2.38. The highest BCUT2D eigenvalue weighted by atomic mass is 16.5. The molecule has 3 N–H and O–H groups in total. The van der Waals surface area contributed by atoms with Gasteiger partial charge in [0.2, 0.25) is 0 Å². The van der Waals surface area contributed by atoms with Crippen LogP contribution in [0.25, 0.3) is 0 Å². The van der Waals surface area contributed by atoms with Crippen LogP contribution in [0.3, 0.4) is 0 Å². The molecule has 1 unspecified atom stereocenters. The van der Waals surface area contributed by atoms with Crippen molar-refractivity contribution < 1.29 is 4.74 Å². The van der Waals surface area contributed by atoms with Crippen LogP contribution in [0.2, 0.25) is 0 Å². The molecule has 0 radical (unpaired) electrons. The average molecular weight is 279 g/mol. The Balaban J connectivity index is 3.18. The van der Waals surface area contributed by atoms with E-state index in [1.807, 2.05) is 19.2 Å². The van der Waals surface area contributed by atoms with Crippen molar-refractivity contribution >= 4 is 5.69 Å². The standard InChI is InChI=1S/C16H29N3O/c1-5-10-19-15(13-12-18-11-9-14(13)17)16(6-2,7-3)20-8-4/h9,11-12,15,19H,5-8,10H2,1-4H3,(H2,17,18). The molecule has 0 saturated carbocycles. The van der Waals surface area contributed by atoms with Crippen molar-refractivity contribution in [2.24, 2.45) is 0 Å². The number of hydrogen-bond acceptors (Lipinski definition) is 4. The first kappa shape index (κ1) is 16.9. The topological polar surface area (TPSA) is 60.2 Å². The minimum atomic E-state index is -0.235. The van der Waals surface area contributed by atoms with E-state index in [1.54, 1.807) is 6.20 Å². The second-order valence-electron chi connectivity index (χ2n) is 5.10. The lowest BCUT2D eigenvalue weighted by atomic mass is 9.83. The van der Waals surface area contributed by atoms with E-state index in [9.17, 15) is 0 Å². The smallest absolute Gasteiger partial charge is 0.0872 e. The van der Waals surface area contributed by atoms with Crippen LogP contribution in [0.5, 0.6) is 0 Å². The second-order valence-corrected chi connectivity index (χ2v) is 5.10. The van der Waals surface area contributed by atoms with E-state index in [4.69, 9.17) is 10.5 Å². The summed E-state index contributed by atoms with van der Waals surface area (Å²) >= 11 is 0. The SMILES string of the molecule is CCCNC(c1cnccc1N)C(CC)(CC)OCC. The molecule has 0 aliphatic heterocycles. The molecular formula is C16H29N3O. The van der Waals surface area contributed by atoms with E-state index in [1.165, 1.54) is 0 Å². The Hall–Kier alpha value is -1.13. The van der Waals surface area contributed by atoms with Crippen molar-refractivity contribution in [2.45, 2.75) is 58.6 Å². The molecule has 0 amide bonds. The van der Waals surface area contributed by atoms with Gasteiger partial charge in [-0.05, 0) is 38.8 Å². The largest absolute Gasteiger partial charge is 0.398 e. The Kier molecular flexibility index (Phi) is 6.96. The van der Waals surface area contributed by atoms with Gasteiger partial charge >= 0.3 is 0 Å². The molecule has 1 rings (SSSR count). The van der Waals surface area contributed by atoms with Crippen molar-refractivity contribution in [3.05, 3.63) is 24.0 Å². The van der Waals surface area contributed by atoms with Crippen LogP contribution in [0, 0.1) is 0 Å². The predicted octanol–water partition coefficient (Wildman–Crippen LogP) is 3.30. The third-order valence-corrected chi connectivity index (χ3v) is 3.95. The average Bonchev–Trinajstić information content (AvgIpc) is 2.48. The fraction of sp³-hybridized carbons (Fsp3) is 0.688. The molecule has 4 nitrogen and oxygen atoms in total. The molecule has 4 heteroatoms. The number of nitrogen functional groups attached to an aromatic ring is 1. The van der Waals surface area contributed by atoms with Gasteiger partial charge in [0.15, 0.2) is 0 Å². The number of rotatable bonds is 9. The van der Waals surface area contributed by atoms with E-state index in [0.29, 0.717) is 6.61 Å². The van der Waals surface area contributed by atoms with E-state index in [0.717, 1.165) is 37.1 Å². The number of aromatic nitrogens is 1. The summed E-state index contributed by atoms with van der Waals surface area (Å²) in [5.74, 6) is 0. The van der Waals surface area contributed by atoms with Crippen LogP contribution < -0.4 is 11.1 Å². The summed E-state index contributed by atoms with van der Waals surface area (Å²) in [4.78, 5) is 4.24. The number of hydrogen-bond donors (Lipinski definition) is 2. The van der Waals surface area contributed by atoms with Gasteiger partial charge in [-0.3, -0.25) is 4.98 Å². The Bertz CT molecular complexity index is 391. The lowest BCUT2D eigenvalue weighted by Crippen LogP contribution is -2.46. The van der Waals surface area contributed by atoms with Gasteiger partial charge in [0.1, 0.15) is 0 Å². The Morgan fingerprint density at radius 1 is 1.30 bits per heavy atom. The lowest BCUT2D eigenvalue weighted by molar-refractivity contribution is -0.0731. The van der Waals surface area contributed by atoms with E-state index < -0.39 is 0 Å². The lowest BCUT2D eigenvalue weighted by Gasteiger charge is -2.40. The van der Waals surface area contributed by atoms with Crippen LogP contribution in [-0.4, -0.2) is 23.7 Å². The summed E-state index contributed by atoms with van der Waals surface area (Å²) in [5, 5.41) is 3.61. The maximum Gasteiger partial charge on any atom is 0.0872 e. The quantitative estimate of drug-likeness (QED) is 0.728. The van der Waals surface area contributed by atoms with Crippen LogP contribution in [0.4, 0.5) is 5.69 Å². The second kappa shape index (κ2) is 8.22. The van der Waals surface area contributed by atoms with Crippen molar-refractivity contribution in [1.29, 1.82) is 0 Å². The number of nitrogens with zero attached hydrogens (tertiary/aromatic N) is 1. The number of ether oxygens (including phenoxy) is 1.